The van der Waals surface area contributed by atoms with E-state index < -0.39 is 5.60 Å². The standard InChI is InChI=1S/C22H32N6O2/c1-22(2,29)21-13-28(26-25-21)19-7-16-10-27(12-18-9-23-5-6-24-18)11-17(16)8-20(19)30-14-15-3-4-15/h5-6,9,13,15-17,19-20,29H,3-4,7-8,10-12,14H2,1-2H3/t16-,17+,19-,20-/m1/s1. The van der Waals surface area contributed by atoms with E-state index in [4.69, 9.17) is 4.74 Å². The lowest BCUT2D eigenvalue weighted by Gasteiger charge is -2.37. The van der Waals surface area contributed by atoms with Crippen LogP contribution in [0.25, 0.3) is 0 Å². The zero-order valence-electron chi connectivity index (χ0n) is 17.9. The maximum atomic E-state index is 10.3. The summed E-state index contributed by atoms with van der Waals surface area (Å²) < 4.78 is 8.39. The lowest BCUT2D eigenvalue weighted by molar-refractivity contribution is -0.0376. The van der Waals surface area contributed by atoms with Crippen molar-refractivity contribution in [2.24, 2.45) is 17.8 Å². The number of rotatable bonds is 7. The Kier molecular flexibility index (Phi) is 5.33. The van der Waals surface area contributed by atoms with E-state index in [0.29, 0.717) is 17.5 Å². The molecule has 3 aliphatic rings. The molecule has 162 valence electrons. The molecule has 0 amide bonds. The summed E-state index contributed by atoms with van der Waals surface area (Å²) >= 11 is 0. The molecule has 0 unspecified atom stereocenters. The topological polar surface area (TPSA) is 89.2 Å². The normalized spacial score (nSPS) is 29.8. The number of aliphatic hydroxyl groups is 1. The highest BCUT2D eigenvalue weighted by molar-refractivity contribution is 5.05. The van der Waals surface area contributed by atoms with E-state index in [1.807, 2.05) is 17.1 Å². The number of hydrogen-bond acceptors (Lipinski definition) is 7. The summed E-state index contributed by atoms with van der Waals surface area (Å²) in [7, 11) is 0. The van der Waals surface area contributed by atoms with Gasteiger partial charge < -0.3 is 9.84 Å². The number of ether oxygens (including phenoxy) is 1. The number of likely N-dealkylation sites (tertiary alicyclic amines) is 1. The molecule has 5 rings (SSSR count). The first kappa shape index (κ1) is 20.0. The third kappa shape index (κ3) is 4.40. The van der Waals surface area contributed by atoms with E-state index in [1.165, 1.54) is 12.8 Å². The molecule has 3 heterocycles. The van der Waals surface area contributed by atoms with Crippen LogP contribution in [0, 0.1) is 17.8 Å². The predicted molar refractivity (Wildman–Crippen MR) is 110 cm³/mol. The third-order valence-electron chi connectivity index (χ3n) is 6.88. The van der Waals surface area contributed by atoms with Crippen molar-refractivity contribution in [1.82, 2.24) is 29.9 Å². The van der Waals surface area contributed by atoms with E-state index >= 15 is 0 Å². The average Bonchev–Trinajstić information content (AvgIpc) is 3.24. The van der Waals surface area contributed by atoms with Gasteiger partial charge in [0.15, 0.2) is 0 Å². The molecule has 0 radical (unpaired) electrons. The Hall–Kier alpha value is -1.90. The zero-order valence-corrected chi connectivity index (χ0v) is 17.9. The highest BCUT2D eigenvalue weighted by Gasteiger charge is 2.44. The summed E-state index contributed by atoms with van der Waals surface area (Å²) in [6.07, 6.45) is 12.1. The second-order valence-corrected chi connectivity index (χ2v) is 9.91. The molecule has 4 atom stereocenters. The van der Waals surface area contributed by atoms with Crippen molar-refractivity contribution in [3.05, 3.63) is 36.2 Å². The van der Waals surface area contributed by atoms with Gasteiger partial charge in [-0.25, -0.2) is 4.68 Å². The van der Waals surface area contributed by atoms with Gasteiger partial charge in [-0.05, 0) is 57.3 Å². The lowest BCUT2D eigenvalue weighted by atomic mass is 9.77. The smallest absolute Gasteiger partial charge is 0.114 e. The molecular formula is C22H32N6O2. The molecule has 2 aliphatic carbocycles. The van der Waals surface area contributed by atoms with E-state index in [0.717, 1.165) is 50.7 Å². The van der Waals surface area contributed by atoms with Gasteiger partial charge in [-0.15, -0.1) is 5.10 Å². The van der Waals surface area contributed by atoms with Crippen LogP contribution in [-0.4, -0.2) is 60.8 Å². The molecule has 0 bridgehead atoms. The van der Waals surface area contributed by atoms with Crippen molar-refractivity contribution in [1.29, 1.82) is 0 Å². The fourth-order valence-electron chi connectivity index (χ4n) is 4.98. The third-order valence-corrected chi connectivity index (χ3v) is 6.88. The Morgan fingerprint density at radius 2 is 1.97 bits per heavy atom. The number of hydrogen-bond donors (Lipinski definition) is 1. The molecule has 1 N–H and O–H groups in total. The van der Waals surface area contributed by atoms with Crippen LogP contribution in [0.2, 0.25) is 0 Å². The monoisotopic (exact) mass is 412 g/mol. The Balaban J connectivity index is 1.31. The summed E-state index contributed by atoms with van der Waals surface area (Å²) in [5, 5.41) is 18.9. The van der Waals surface area contributed by atoms with Crippen molar-refractivity contribution in [3.8, 4) is 0 Å². The Bertz CT molecular complexity index is 847. The maximum absolute atomic E-state index is 10.3. The van der Waals surface area contributed by atoms with Gasteiger partial charge in [0.2, 0.25) is 0 Å². The molecule has 8 nitrogen and oxygen atoms in total. The maximum Gasteiger partial charge on any atom is 0.114 e. The fourth-order valence-corrected chi connectivity index (χ4v) is 4.98. The zero-order chi connectivity index (χ0) is 20.7. The molecule has 30 heavy (non-hydrogen) atoms. The predicted octanol–water partition coefficient (Wildman–Crippen LogP) is 2.17. The Morgan fingerprint density at radius 3 is 2.63 bits per heavy atom. The van der Waals surface area contributed by atoms with Crippen LogP contribution in [0.15, 0.2) is 24.8 Å². The molecule has 2 aromatic heterocycles. The van der Waals surface area contributed by atoms with Gasteiger partial charge in [0.05, 0.1) is 24.0 Å². The minimum absolute atomic E-state index is 0.152. The van der Waals surface area contributed by atoms with Crippen LogP contribution < -0.4 is 0 Å². The van der Waals surface area contributed by atoms with E-state index in [9.17, 15) is 5.11 Å². The summed E-state index contributed by atoms with van der Waals surface area (Å²) in [5.74, 6) is 1.99. The largest absolute Gasteiger partial charge is 0.384 e. The van der Waals surface area contributed by atoms with E-state index in [1.54, 1.807) is 26.2 Å². The number of fused-ring (bicyclic) bond motifs is 1. The second-order valence-electron chi connectivity index (χ2n) is 9.91. The molecule has 3 fully saturated rings. The summed E-state index contributed by atoms with van der Waals surface area (Å²) in [6, 6.07) is 0.171. The van der Waals surface area contributed by atoms with E-state index in [-0.39, 0.29) is 12.1 Å². The van der Waals surface area contributed by atoms with Crippen molar-refractivity contribution in [2.75, 3.05) is 19.7 Å². The average molecular weight is 413 g/mol. The van der Waals surface area contributed by atoms with Gasteiger partial charge in [0, 0.05) is 44.8 Å². The minimum atomic E-state index is -0.985. The molecular weight excluding hydrogens is 380 g/mol. The van der Waals surface area contributed by atoms with Gasteiger partial charge in [-0.1, -0.05) is 5.21 Å². The molecule has 0 aromatic carbocycles. The van der Waals surface area contributed by atoms with Gasteiger partial charge in [-0.2, -0.15) is 0 Å². The molecule has 2 aromatic rings. The highest BCUT2D eigenvalue weighted by atomic mass is 16.5. The minimum Gasteiger partial charge on any atom is -0.384 e. The fraction of sp³-hybridized carbons (Fsp3) is 0.727. The molecule has 1 aliphatic heterocycles. The van der Waals surface area contributed by atoms with Crippen LogP contribution in [-0.2, 0) is 16.9 Å². The second kappa shape index (κ2) is 7.98. The SMILES string of the molecule is CC(C)(O)c1cn([C@@H]2C[C@@H]3CN(Cc4cnccn4)C[C@@H]3C[C@H]2OCC2CC2)nn1. The van der Waals surface area contributed by atoms with Crippen molar-refractivity contribution in [3.63, 3.8) is 0 Å². The number of nitrogens with zero attached hydrogens (tertiary/aromatic N) is 6. The van der Waals surface area contributed by atoms with Gasteiger partial charge >= 0.3 is 0 Å². The van der Waals surface area contributed by atoms with Crippen LogP contribution in [0.1, 0.15) is 57.0 Å². The van der Waals surface area contributed by atoms with Crippen molar-refractivity contribution >= 4 is 0 Å². The number of aromatic nitrogens is 5. The summed E-state index contributed by atoms with van der Waals surface area (Å²) in [5.41, 5.74) is 0.655. The van der Waals surface area contributed by atoms with Gasteiger partial charge in [0.1, 0.15) is 11.3 Å². The first-order valence-electron chi connectivity index (χ1n) is 11.2. The van der Waals surface area contributed by atoms with Crippen molar-refractivity contribution in [2.45, 2.75) is 63.8 Å². The molecule has 2 saturated carbocycles. The van der Waals surface area contributed by atoms with Crippen molar-refractivity contribution < 1.29 is 9.84 Å². The van der Waals surface area contributed by atoms with Gasteiger partial charge in [-0.3, -0.25) is 14.9 Å². The lowest BCUT2D eigenvalue weighted by Crippen LogP contribution is -2.38. The Labute approximate surface area is 177 Å². The van der Waals surface area contributed by atoms with Crippen LogP contribution in [0.3, 0.4) is 0 Å². The molecule has 0 spiro atoms. The molecule has 8 heteroatoms. The highest BCUT2D eigenvalue weighted by Crippen LogP contribution is 2.43. The Morgan fingerprint density at radius 1 is 1.17 bits per heavy atom. The first-order valence-corrected chi connectivity index (χ1v) is 11.2. The summed E-state index contributed by atoms with van der Waals surface area (Å²) in [6.45, 7) is 7.37. The van der Waals surface area contributed by atoms with Crippen LogP contribution >= 0.6 is 0 Å². The van der Waals surface area contributed by atoms with Gasteiger partial charge in [0.25, 0.3) is 0 Å². The quantitative estimate of drug-likeness (QED) is 0.745. The molecule has 1 saturated heterocycles. The first-order chi connectivity index (χ1) is 14.5. The van der Waals surface area contributed by atoms with Crippen LogP contribution in [0.4, 0.5) is 0 Å². The summed E-state index contributed by atoms with van der Waals surface area (Å²) in [4.78, 5) is 11.1. The van der Waals surface area contributed by atoms with Crippen LogP contribution in [0.5, 0.6) is 0 Å². The van der Waals surface area contributed by atoms with E-state index in [2.05, 4.69) is 25.2 Å².